The summed E-state index contributed by atoms with van der Waals surface area (Å²) in [5.74, 6) is 0.766. The minimum Gasteiger partial charge on any atom is -0.353 e. The fourth-order valence-corrected chi connectivity index (χ4v) is 1.97. The molecule has 1 aromatic heterocycles. The highest BCUT2D eigenvalue weighted by molar-refractivity contribution is 5.78. The third-order valence-corrected chi connectivity index (χ3v) is 3.01. The third kappa shape index (κ3) is 2.57. The third-order valence-electron chi connectivity index (χ3n) is 3.01. The molecule has 0 saturated carbocycles. The second-order valence-electron chi connectivity index (χ2n) is 4.09. The van der Waals surface area contributed by atoms with E-state index in [-0.39, 0.29) is 12.5 Å². The van der Waals surface area contributed by atoms with E-state index < -0.39 is 0 Å². The molecule has 2 N–H and O–H groups in total. The van der Waals surface area contributed by atoms with Gasteiger partial charge in [0.25, 0.3) is 0 Å². The molecule has 1 aliphatic heterocycles. The fourth-order valence-electron chi connectivity index (χ4n) is 1.97. The summed E-state index contributed by atoms with van der Waals surface area (Å²) < 4.78 is 0. The average Bonchev–Trinajstić information content (AvgIpc) is 2.46. The van der Waals surface area contributed by atoms with Gasteiger partial charge in [-0.1, -0.05) is 0 Å². The summed E-state index contributed by atoms with van der Waals surface area (Å²) >= 11 is 0. The minimum absolute atomic E-state index is 0.0200. The molecule has 1 amide bonds. The zero-order chi connectivity index (χ0) is 13.0. The van der Waals surface area contributed by atoms with E-state index >= 15 is 0 Å². The summed E-state index contributed by atoms with van der Waals surface area (Å²) in [4.78, 5) is 19.5. The van der Waals surface area contributed by atoms with Crippen molar-refractivity contribution in [3.63, 3.8) is 0 Å². The number of amides is 1. The van der Waals surface area contributed by atoms with Crippen LogP contribution in [0.2, 0.25) is 0 Å². The summed E-state index contributed by atoms with van der Waals surface area (Å²) in [7, 11) is 0. The maximum atomic E-state index is 11.4. The average molecular weight is 245 g/mol. The first-order valence-electron chi connectivity index (χ1n) is 5.83. The highest BCUT2D eigenvalue weighted by Gasteiger charge is 2.20. The Balaban J connectivity index is 2.01. The number of carbonyl (C=O) groups excluding carboxylic acids is 1. The van der Waals surface area contributed by atoms with E-state index in [1.807, 2.05) is 0 Å². The molecule has 0 aliphatic carbocycles. The number of nitriles is 1. The Morgan fingerprint density at radius 1 is 1.44 bits per heavy atom. The summed E-state index contributed by atoms with van der Waals surface area (Å²) in [5.41, 5.74) is 5.93. The highest BCUT2D eigenvalue weighted by atomic mass is 16.2. The molecular weight excluding hydrogens is 230 g/mol. The molecule has 94 valence electrons. The quantitative estimate of drug-likeness (QED) is 0.763. The van der Waals surface area contributed by atoms with Crippen molar-refractivity contribution in [2.75, 3.05) is 37.6 Å². The van der Waals surface area contributed by atoms with Crippen LogP contribution in [0.3, 0.4) is 0 Å². The van der Waals surface area contributed by atoms with Gasteiger partial charge < -0.3 is 15.5 Å². The molecule has 0 unspecified atom stereocenters. The lowest BCUT2D eigenvalue weighted by Gasteiger charge is -2.35. The second-order valence-corrected chi connectivity index (χ2v) is 4.09. The molecule has 1 aromatic rings. The van der Waals surface area contributed by atoms with Crippen molar-refractivity contribution in [3.05, 3.63) is 23.9 Å². The normalized spacial score (nSPS) is 15.3. The van der Waals surface area contributed by atoms with Gasteiger partial charge in [0.2, 0.25) is 5.91 Å². The SMILES string of the molecule is N#Cc1ccnc(N2CCN(C(=O)CN)CC2)c1. The summed E-state index contributed by atoms with van der Waals surface area (Å²) in [5, 5.41) is 8.84. The van der Waals surface area contributed by atoms with E-state index in [9.17, 15) is 4.79 Å². The molecule has 1 saturated heterocycles. The van der Waals surface area contributed by atoms with Crippen LogP contribution in [0.1, 0.15) is 5.56 Å². The molecule has 0 aromatic carbocycles. The number of hydrogen-bond donors (Lipinski definition) is 1. The van der Waals surface area contributed by atoms with Gasteiger partial charge >= 0.3 is 0 Å². The Labute approximate surface area is 106 Å². The molecule has 6 heteroatoms. The first-order valence-corrected chi connectivity index (χ1v) is 5.83. The van der Waals surface area contributed by atoms with Crippen molar-refractivity contribution < 1.29 is 4.79 Å². The van der Waals surface area contributed by atoms with Gasteiger partial charge in [-0.25, -0.2) is 4.98 Å². The van der Waals surface area contributed by atoms with E-state index in [0.717, 1.165) is 5.82 Å². The number of aromatic nitrogens is 1. The summed E-state index contributed by atoms with van der Waals surface area (Å²) in [6.07, 6.45) is 1.63. The highest BCUT2D eigenvalue weighted by Crippen LogP contribution is 2.14. The largest absolute Gasteiger partial charge is 0.353 e. The Morgan fingerprint density at radius 3 is 2.78 bits per heavy atom. The molecule has 2 rings (SSSR count). The summed E-state index contributed by atoms with van der Waals surface area (Å²) in [6, 6.07) is 5.54. The van der Waals surface area contributed by atoms with Crippen molar-refractivity contribution in [1.82, 2.24) is 9.88 Å². The first kappa shape index (κ1) is 12.3. The second kappa shape index (κ2) is 5.47. The van der Waals surface area contributed by atoms with Gasteiger partial charge in [0, 0.05) is 32.4 Å². The van der Waals surface area contributed by atoms with Crippen LogP contribution in [0, 0.1) is 11.3 Å². The van der Waals surface area contributed by atoms with Crippen LogP contribution in [0.5, 0.6) is 0 Å². The number of carbonyl (C=O) groups is 1. The van der Waals surface area contributed by atoms with Crippen molar-refractivity contribution in [2.24, 2.45) is 5.73 Å². The van der Waals surface area contributed by atoms with E-state index in [2.05, 4.69) is 16.0 Å². The van der Waals surface area contributed by atoms with Crippen LogP contribution in [-0.4, -0.2) is 48.5 Å². The zero-order valence-corrected chi connectivity index (χ0v) is 10.0. The fraction of sp³-hybridized carbons (Fsp3) is 0.417. The maximum Gasteiger partial charge on any atom is 0.236 e. The van der Waals surface area contributed by atoms with Gasteiger partial charge in [0.15, 0.2) is 0 Å². The lowest BCUT2D eigenvalue weighted by Crippen LogP contribution is -2.50. The molecule has 0 radical (unpaired) electrons. The first-order chi connectivity index (χ1) is 8.74. The zero-order valence-electron chi connectivity index (χ0n) is 10.0. The van der Waals surface area contributed by atoms with E-state index in [0.29, 0.717) is 31.7 Å². The number of hydrogen-bond acceptors (Lipinski definition) is 5. The lowest BCUT2D eigenvalue weighted by atomic mass is 10.2. The molecule has 0 spiro atoms. The predicted octanol–water partition coefficient (Wildman–Crippen LogP) is -0.439. The number of pyridine rings is 1. The lowest BCUT2D eigenvalue weighted by molar-refractivity contribution is -0.129. The Hall–Kier alpha value is -2.13. The van der Waals surface area contributed by atoms with Crippen LogP contribution in [-0.2, 0) is 4.79 Å². The van der Waals surface area contributed by atoms with Gasteiger partial charge in [0.05, 0.1) is 18.2 Å². The Morgan fingerprint density at radius 2 is 2.17 bits per heavy atom. The standard InChI is InChI=1S/C12H15N5O/c13-8-10-1-2-15-11(7-10)16-3-5-17(6-4-16)12(18)9-14/h1-2,7H,3-6,9,14H2. The molecule has 0 bridgehead atoms. The van der Waals surface area contributed by atoms with Crippen LogP contribution >= 0.6 is 0 Å². The number of nitrogens with two attached hydrogens (primary N) is 1. The number of rotatable bonds is 2. The summed E-state index contributed by atoms with van der Waals surface area (Å²) in [6.45, 7) is 2.78. The van der Waals surface area contributed by atoms with Crippen LogP contribution in [0.25, 0.3) is 0 Å². The molecule has 0 atom stereocenters. The molecular formula is C12H15N5O. The predicted molar refractivity (Wildman–Crippen MR) is 66.8 cm³/mol. The van der Waals surface area contributed by atoms with Crippen molar-refractivity contribution >= 4 is 11.7 Å². The van der Waals surface area contributed by atoms with Crippen LogP contribution in [0.15, 0.2) is 18.3 Å². The van der Waals surface area contributed by atoms with Gasteiger partial charge in [0.1, 0.15) is 5.82 Å². The molecule has 18 heavy (non-hydrogen) atoms. The molecule has 6 nitrogen and oxygen atoms in total. The number of piperazine rings is 1. The molecule has 2 heterocycles. The van der Waals surface area contributed by atoms with Crippen LogP contribution in [0.4, 0.5) is 5.82 Å². The topological polar surface area (TPSA) is 86.2 Å². The van der Waals surface area contributed by atoms with Crippen molar-refractivity contribution in [1.29, 1.82) is 5.26 Å². The smallest absolute Gasteiger partial charge is 0.236 e. The minimum atomic E-state index is -0.0200. The molecule has 1 fully saturated rings. The van der Waals surface area contributed by atoms with Gasteiger partial charge in [-0.05, 0) is 12.1 Å². The van der Waals surface area contributed by atoms with Crippen molar-refractivity contribution in [2.45, 2.75) is 0 Å². The number of nitrogens with zero attached hydrogens (tertiary/aromatic N) is 4. The van der Waals surface area contributed by atoms with Gasteiger partial charge in [-0.2, -0.15) is 5.26 Å². The number of anilines is 1. The van der Waals surface area contributed by atoms with Gasteiger partial charge in [-0.3, -0.25) is 4.79 Å². The Bertz CT molecular complexity index is 474. The van der Waals surface area contributed by atoms with E-state index in [1.165, 1.54) is 0 Å². The van der Waals surface area contributed by atoms with E-state index in [4.69, 9.17) is 11.0 Å². The van der Waals surface area contributed by atoms with Crippen LogP contribution < -0.4 is 10.6 Å². The van der Waals surface area contributed by atoms with E-state index in [1.54, 1.807) is 23.2 Å². The van der Waals surface area contributed by atoms with Gasteiger partial charge in [-0.15, -0.1) is 0 Å². The molecule has 1 aliphatic rings. The maximum absolute atomic E-state index is 11.4. The monoisotopic (exact) mass is 245 g/mol. The van der Waals surface area contributed by atoms with Crippen molar-refractivity contribution in [3.8, 4) is 6.07 Å². The Kier molecular flexibility index (Phi) is 3.75.